The number of carbonyl (C=O) groups excluding carboxylic acids is 1. The van der Waals surface area contributed by atoms with Gasteiger partial charge in [-0.25, -0.2) is 0 Å². The van der Waals surface area contributed by atoms with Crippen molar-refractivity contribution in [3.8, 4) is 5.75 Å². The van der Waals surface area contributed by atoms with Gasteiger partial charge in [0.1, 0.15) is 5.75 Å². The van der Waals surface area contributed by atoms with Gasteiger partial charge in [0.25, 0.3) is 0 Å². The molecule has 4 heteroatoms. The number of carbonyl (C=O) groups is 1. The maximum atomic E-state index is 11.1. The summed E-state index contributed by atoms with van der Waals surface area (Å²) < 4.78 is 5.67. The minimum Gasteiger partial charge on any atom is -0.494 e. The van der Waals surface area contributed by atoms with Gasteiger partial charge in [-0.2, -0.15) is 0 Å². The third-order valence-corrected chi connectivity index (χ3v) is 3.77. The van der Waals surface area contributed by atoms with E-state index in [9.17, 15) is 4.79 Å². The number of nitrogens with two attached hydrogens (primary N) is 2. The summed E-state index contributed by atoms with van der Waals surface area (Å²) in [5.74, 6) is 0.350. The fourth-order valence-corrected chi connectivity index (χ4v) is 2.30. The van der Waals surface area contributed by atoms with Crippen molar-refractivity contribution in [1.82, 2.24) is 0 Å². The largest absolute Gasteiger partial charge is 0.494 e. The summed E-state index contributed by atoms with van der Waals surface area (Å²) in [7, 11) is 0. The molecule has 0 fully saturated rings. The molecule has 4 nitrogen and oxygen atoms in total. The maximum absolute atomic E-state index is 11.1. The van der Waals surface area contributed by atoms with Crippen LogP contribution in [0.1, 0.15) is 37.3 Å². The van der Waals surface area contributed by atoms with Crippen LogP contribution in [0.25, 0.3) is 0 Å². The molecule has 19 heavy (non-hydrogen) atoms. The molecule has 1 aromatic rings. The lowest BCUT2D eigenvalue weighted by molar-refractivity contribution is -0.123. The number of ether oxygens (including phenoxy) is 1. The molecule has 0 heterocycles. The highest BCUT2D eigenvalue weighted by atomic mass is 16.5. The summed E-state index contributed by atoms with van der Waals surface area (Å²) in [6, 6.07) is 6.23. The van der Waals surface area contributed by atoms with Crippen LogP contribution in [0, 0.1) is 0 Å². The highest BCUT2D eigenvalue weighted by Gasteiger charge is 2.25. The Morgan fingerprint density at radius 3 is 2.68 bits per heavy atom. The molecule has 0 saturated carbocycles. The lowest BCUT2D eigenvalue weighted by atomic mass is 9.92. The third-order valence-electron chi connectivity index (χ3n) is 3.77. The first-order valence-corrected chi connectivity index (χ1v) is 6.82. The van der Waals surface area contributed by atoms with Crippen LogP contribution in [0.2, 0.25) is 0 Å². The molecule has 0 aliphatic heterocycles. The van der Waals surface area contributed by atoms with E-state index in [0.717, 1.165) is 18.6 Å². The van der Waals surface area contributed by atoms with Gasteiger partial charge >= 0.3 is 0 Å². The van der Waals surface area contributed by atoms with Crippen LogP contribution < -0.4 is 16.2 Å². The van der Waals surface area contributed by atoms with Gasteiger partial charge in [0.15, 0.2) is 0 Å². The number of benzene rings is 1. The zero-order valence-electron chi connectivity index (χ0n) is 11.4. The molecule has 4 N–H and O–H groups in total. The Hall–Kier alpha value is -1.55. The summed E-state index contributed by atoms with van der Waals surface area (Å²) in [4.78, 5) is 11.1. The first-order chi connectivity index (χ1) is 8.99. The van der Waals surface area contributed by atoms with Crippen LogP contribution in [0.4, 0.5) is 0 Å². The van der Waals surface area contributed by atoms with E-state index in [1.165, 1.54) is 24.0 Å². The summed E-state index contributed by atoms with van der Waals surface area (Å²) in [5, 5.41) is 0. The molecule has 0 saturated heterocycles. The van der Waals surface area contributed by atoms with Crippen LogP contribution >= 0.6 is 0 Å². The van der Waals surface area contributed by atoms with Crippen LogP contribution in [0.3, 0.4) is 0 Å². The molecule has 0 radical (unpaired) electrons. The maximum Gasteiger partial charge on any atom is 0.237 e. The summed E-state index contributed by atoms with van der Waals surface area (Å²) in [6.07, 6.45) is 5.23. The fraction of sp³-hybridized carbons (Fsp3) is 0.533. The van der Waals surface area contributed by atoms with E-state index in [-0.39, 0.29) is 0 Å². The van der Waals surface area contributed by atoms with Gasteiger partial charge in [0.2, 0.25) is 5.91 Å². The number of hydrogen-bond donors (Lipinski definition) is 2. The highest BCUT2D eigenvalue weighted by molar-refractivity contribution is 5.83. The molecular formula is C15H22N2O2. The number of hydrogen-bond acceptors (Lipinski definition) is 3. The van der Waals surface area contributed by atoms with Gasteiger partial charge in [-0.1, -0.05) is 6.07 Å². The SMILES string of the molecule is CC(N)(CCOc1ccc2c(c1)CCCC2)C(N)=O. The summed E-state index contributed by atoms with van der Waals surface area (Å²) in [5.41, 5.74) is 12.8. The van der Waals surface area contributed by atoms with Crippen molar-refractivity contribution in [2.45, 2.75) is 44.6 Å². The minimum atomic E-state index is -1.01. The molecule has 1 unspecified atom stereocenters. The van der Waals surface area contributed by atoms with E-state index in [0.29, 0.717) is 13.0 Å². The number of rotatable bonds is 5. The standard InChI is InChI=1S/C15H22N2O2/c1-15(17,14(16)18)8-9-19-13-7-6-11-4-2-3-5-12(11)10-13/h6-7,10H,2-5,8-9,17H2,1H3,(H2,16,18). The number of amides is 1. The van der Waals surface area contributed by atoms with Gasteiger partial charge in [-0.05, 0) is 55.9 Å². The van der Waals surface area contributed by atoms with Gasteiger partial charge in [0, 0.05) is 6.42 Å². The lowest BCUT2D eigenvalue weighted by Crippen LogP contribution is -2.50. The molecule has 1 aliphatic carbocycles. The second kappa shape index (κ2) is 5.61. The first kappa shape index (κ1) is 13.9. The van der Waals surface area contributed by atoms with E-state index < -0.39 is 11.4 Å². The van der Waals surface area contributed by atoms with E-state index >= 15 is 0 Å². The zero-order chi connectivity index (χ0) is 13.9. The molecule has 1 aliphatic rings. The van der Waals surface area contributed by atoms with Crippen LogP contribution in [0.15, 0.2) is 18.2 Å². The second-order valence-corrected chi connectivity index (χ2v) is 5.52. The van der Waals surface area contributed by atoms with Crippen molar-refractivity contribution in [2.75, 3.05) is 6.61 Å². The van der Waals surface area contributed by atoms with Crippen molar-refractivity contribution in [2.24, 2.45) is 11.5 Å². The van der Waals surface area contributed by atoms with Crippen LogP contribution in [-0.4, -0.2) is 18.1 Å². The number of aryl methyl sites for hydroxylation is 2. The van der Waals surface area contributed by atoms with E-state index in [1.54, 1.807) is 6.92 Å². The Labute approximate surface area is 114 Å². The monoisotopic (exact) mass is 262 g/mol. The average Bonchev–Trinajstić information content (AvgIpc) is 2.38. The molecule has 0 spiro atoms. The summed E-state index contributed by atoms with van der Waals surface area (Å²) in [6.45, 7) is 2.03. The van der Waals surface area contributed by atoms with E-state index in [1.807, 2.05) is 6.07 Å². The van der Waals surface area contributed by atoms with Crippen molar-refractivity contribution < 1.29 is 9.53 Å². The zero-order valence-corrected chi connectivity index (χ0v) is 11.4. The molecule has 1 atom stereocenters. The molecular weight excluding hydrogens is 240 g/mol. The first-order valence-electron chi connectivity index (χ1n) is 6.82. The van der Waals surface area contributed by atoms with E-state index in [2.05, 4.69) is 12.1 Å². The van der Waals surface area contributed by atoms with Gasteiger partial charge in [-0.15, -0.1) is 0 Å². The number of primary amides is 1. The highest BCUT2D eigenvalue weighted by Crippen LogP contribution is 2.25. The van der Waals surface area contributed by atoms with Crippen molar-refractivity contribution in [3.63, 3.8) is 0 Å². The van der Waals surface area contributed by atoms with Crippen LogP contribution in [-0.2, 0) is 17.6 Å². The predicted molar refractivity (Wildman–Crippen MR) is 75.0 cm³/mol. The molecule has 1 amide bonds. The molecule has 1 aromatic carbocycles. The fourth-order valence-electron chi connectivity index (χ4n) is 2.30. The van der Waals surface area contributed by atoms with Crippen molar-refractivity contribution in [1.29, 1.82) is 0 Å². The van der Waals surface area contributed by atoms with Crippen molar-refractivity contribution in [3.05, 3.63) is 29.3 Å². The van der Waals surface area contributed by atoms with Gasteiger partial charge in [0.05, 0.1) is 12.1 Å². The van der Waals surface area contributed by atoms with E-state index in [4.69, 9.17) is 16.2 Å². The summed E-state index contributed by atoms with van der Waals surface area (Å²) >= 11 is 0. The Balaban J connectivity index is 1.92. The smallest absolute Gasteiger partial charge is 0.237 e. The molecule has 104 valence electrons. The van der Waals surface area contributed by atoms with Gasteiger partial charge < -0.3 is 16.2 Å². The second-order valence-electron chi connectivity index (χ2n) is 5.52. The normalized spacial score (nSPS) is 17.4. The topological polar surface area (TPSA) is 78.3 Å². The predicted octanol–water partition coefficient (Wildman–Crippen LogP) is 1.54. The Morgan fingerprint density at radius 1 is 1.32 bits per heavy atom. The average molecular weight is 262 g/mol. The third kappa shape index (κ3) is 3.47. The lowest BCUT2D eigenvalue weighted by Gasteiger charge is -2.21. The molecule has 2 rings (SSSR count). The Bertz CT molecular complexity index is 469. The Morgan fingerprint density at radius 2 is 2.00 bits per heavy atom. The quantitative estimate of drug-likeness (QED) is 0.844. The number of fused-ring (bicyclic) bond motifs is 1. The van der Waals surface area contributed by atoms with Crippen LogP contribution in [0.5, 0.6) is 5.75 Å². The minimum absolute atomic E-state index is 0.398. The Kier molecular flexibility index (Phi) is 4.10. The van der Waals surface area contributed by atoms with Gasteiger partial charge in [-0.3, -0.25) is 4.79 Å². The molecule has 0 aromatic heterocycles. The van der Waals surface area contributed by atoms with Crippen molar-refractivity contribution >= 4 is 5.91 Å². The molecule has 0 bridgehead atoms.